The molecule has 0 bridgehead atoms. The van der Waals surface area contributed by atoms with Gasteiger partial charge in [-0.25, -0.2) is 9.98 Å². The molecular formula is C34H39N3OS2. The second kappa shape index (κ2) is 12.8. The Morgan fingerprint density at radius 2 is 1.68 bits per heavy atom. The fourth-order valence-corrected chi connectivity index (χ4v) is 8.09. The zero-order chi connectivity index (χ0) is 27.3. The van der Waals surface area contributed by atoms with Crippen molar-refractivity contribution in [3.63, 3.8) is 0 Å². The Balaban J connectivity index is 1.29. The average molecular weight is 570 g/mol. The topological polar surface area (TPSA) is 46.5 Å². The number of ether oxygens (including phenoxy) is 1. The minimum absolute atomic E-state index is 0.383. The molecule has 0 amide bonds. The van der Waals surface area contributed by atoms with E-state index in [9.17, 15) is 0 Å². The van der Waals surface area contributed by atoms with E-state index in [1.54, 1.807) is 23.7 Å². The van der Waals surface area contributed by atoms with Gasteiger partial charge in [-0.1, -0.05) is 68.9 Å². The van der Waals surface area contributed by atoms with Gasteiger partial charge in [-0.3, -0.25) is 0 Å². The Labute approximate surface area is 246 Å². The van der Waals surface area contributed by atoms with E-state index in [4.69, 9.17) is 14.7 Å². The first-order chi connectivity index (χ1) is 19.7. The lowest BCUT2D eigenvalue weighted by molar-refractivity contribution is 0.414. The van der Waals surface area contributed by atoms with Crippen molar-refractivity contribution < 1.29 is 4.74 Å². The number of methoxy groups -OCH3 is 1. The largest absolute Gasteiger partial charge is 0.497 e. The van der Waals surface area contributed by atoms with Crippen molar-refractivity contribution in [3.05, 3.63) is 81.5 Å². The summed E-state index contributed by atoms with van der Waals surface area (Å²) in [4.78, 5) is 13.3. The highest BCUT2D eigenvalue weighted by atomic mass is 32.2. The maximum absolute atomic E-state index is 5.33. The number of nitrogens with one attached hydrogen (secondary N) is 1. The van der Waals surface area contributed by atoms with Crippen LogP contribution in [0.5, 0.6) is 5.75 Å². The van der Waals surface area contributed by atoms with E-state index >= 15 is 0 Å². The number of hydrogen-bond donors (Lipinski definition) is 1. The van der Waals surface area contributed by atoms with Gasteiger partial charge in [0.2, 0.25) is 0 Å². The van der Waals surface area contributed by atoms with Gasteiger partial charge in [0, 0.05) is 28.1 Å². The predicted molar refractivity (Wildman–Crippen MR) is 173 cm³/mol. The summed E-state index contributed by atoms with van der Waals surface area (Å²) >= 11 is 3.81. The maximum Gasteiger partial charge on any atom is 0.153 e. The monoisotopic (exact) mass is 569 g/mol. The number of aromatic nitrogens is 1. The molecule has 4 nitrogen and oxygen atoms in total. The van der Waals surface area contributed by atoms with Crippen LogP contribution in [0.3, 0.4) is 0 Å². The van der Waals surface area contributed by atoms with Crippen LogP contribution in [0.2, 0.25) is 0 Å². The van der Waals surface area contributed by atoms with Crippen LogP contribution in [-0.4, -0.2) is 23.4 Å². The molecule has 6 rings (SSSR count). The van der Waals surface area contributed by atoms with E-state index in [2.05, 4.69) is 60.1 Å². The van der Waals surface area contributed by atoms with Gasteiger partial charge in [-0.2, -0.15) is 0 Å². The van der Waals surface area contributed by atoms with Crippen LogP contribution in [0.25, 0.3) is 10.9 Å². The standard InChI is InChI=1S/C34H39N3OS2/c1-38-26-15-13-24(14-16-26)22-35-34-33-32(29-11-7-8-12-30(29)36-34)25(21-31(37-33)39-2)20-28-18-17-27(40-28)19-23-9-5-3-4-6-10-23/h7-8,11-18,23,25H,3-6,9-10,19-22H2,1-2H3,(H,35,36). The molecular weight excluding hydrogens is 531 g/mol. The zero-order valence-electron chi connectivity index (χ0n) is 23.6. The first-order valence-corrected chi connectivity index (χ1v) is 16.7. The molecule has 1 fully saturated rings. The van der Waals surface area contributed by atoms with Crippen LogP contribution < -0.4 is 10.1 Å². The minimum atomic E-state index is 0.383. The zero-order valence-corrected chi connectivity index (χ0v) is 25.3. The molecule has 6 heteroatoms. The van der Waals surface area contributed by atoms with E-state index in [1.807, 2.05) is 23.5 Å². The van der Waals surface area contributed by atoms with Crippen molar-refractivity contribution in [2.75, 3.05) is 18.7 Å². The number of pyridine rings is 1. The molecule has 0 radical (unpaired) electrons. The number of aliphatic imine (C=N–C) groups is 1. The molecule has 3 heterocycles. The predicted octanol–water partition coefficient (Wildman–Crippen LogP) is 9.55. The second-order valence-electron chi connectivity index (χ2n) is 11.2. The fourth-order valence-electron chi connectivity index (χ4n) is 6.33. The number of benzene rings is 2. The molecule has 1 atom stereocenters. The lowest BCUT2D eigenvalue weighted by atomic mass is 9.86. The Bertz CT molecular complexity index is 1470. The number of para-hydroxylation sites is 1. The Morgan fingerprint density at radius 3 is 2.42 bits per heavy atom. The van der Waals surface area contributed by atoms with Gasteiger partial charge < -0.3 is 10.1 Å². The van der Waals surface area contributed by atoms with E-state index in [0.717, 1.165) is 41.5 Å². The number of fused-ring (bicyclic) bond motifs is 3. The van der Waals surface area contributed by atoms with Crippen LogP contribution in [0, 0.1) is 5.92 Å². The number of thioether (sulfide) groups is 1. The summed E-state index contributed by atoms with van der Waals surface area (Å²) in [6.07, 6.45) is 13.9. The quantitative estimate of drug-likeness (QED) is 0.215. The summed E-state index contributed by atoms with van der Waals surface area (Å²) < 4.78 is 5.33. The van der Waals surface area contributed by atoms with Crippen LogP contribution in [0.4, 0.5) is 11.5 Å². The van der Waals surface area contributed by atoms with Crippen molar-refractivity contribution in [1.82, 2.24) is 4.98 Å². The highest BCUT2D eigenvalue weighted by Crippen LogP contribution is 2.46. The maximum atomic E-state index is 5.33. The third-order valence-electron chi connectivity index (χ3n) is 8.46. The number of hydrogen-bond acceptors (Lipinski definition) is 6. The highest BCUT2D eigenvalue weighted by molar-refractivity contribution is 8.13. The molecule has 1 aliphatic carbocycles. The molecule has 40 heavy (non-hydrogen) atoms. The highest BCUT2D eigenvalue weighted by Gasteiger charge is 2.29. The molecule has 2 aromatic carbocycles. The number of thiophene rings is 1. The van der Waals surface area contributed by atoms with Gasteiger partial charge >= 0.3 is 0 Å². The molecule has 2 aliphatic rings. The van der Waals surface area contributed by atoms with Gasteiger partial charge in [0.1, 0.15) is 11.4 Å². The van der Waals surface area contributed by atoms with Crippen molar-refractivity contribution in [2.45, 2.75) is 70.3 Å². The van der Waals surface area contributed by atoms with Gasteiger partial charge in [0.05, 0.1) is 17.7 Å². The Kier molecular flexibility index (Phi) is 8.74. The lowest BCUT2D eigenvalue weighted by Gasteiger charge is -2.27. The third kappa shape index (κ3) is 6.23. The number of anilines is 1. The SMILES string of the molecule is COc1ccc(CNc2nc3ccccc3c3c2N=C(SC)CC3Cc2ccc(CC3CCCCCC3)s2)cc1. The molecule has 0 saturated heterocycles. The number of nitrogens with zero attached hydrogens (tertiary/aromatic N) is 2. The van der Waals surface area contributed by atoms with Crippen molar-refractivity contribution >= 4 is 50.6 Å². The minimum Gasteiger partial charge on any atom is -0.497 e. The van der Waals surface area contributed by atoms with E-state index in [1.165, 1.54) is 71.4 Å². The number of rotatable bonds is 8. The lowest BCUT2D eigenvalue weighted by Crippen LogP contribution is -2.15. The third-order valence-corrected chi connectivity index (χ3v) is 10.3. The first-order valence-electron chi connectivity index (χ1n) is 14.7. The molecule has 1 N–H and O–H groups in total. The average Bonchev–Trinajstić information content (AvgIpc) is 3.26. The summed E-state index contributed by atoms with van der Waals surface area (Å²) in [5.41, 5.74) is 4.58. The second-order valence-corrected chi connectivity index (χ2v) is 13.3. The molecule has 1 aliphatic heterocycles. The van der Waals surface area contributed by atoms with Gasteiger partial charge in [0.15, 0.2) is 5.82 Å². The molecule has 0 spiro atoms. The van der Waals surface area contributed by atoms with E-state index < -0.39 is 0 Å². The normalized spacial score (nSPS) is 17.8. The Morgan fingerprint density at radius 1 is 0.925 bits per heavy atom. The van der Waals surface area contributed by atoms with E-state index in [-0.39, 0.29) is 0 Å². The Hall–Kier alpha value is -2.83. The van der Waals surface area contributed by atoms with Gasteiger partial charge in [-0.05, 0) is 72.4 Å². The van der Waals surface area contributed by atoms with Crippen molar-refractivity contribution in [1.29, 1.82) is 0 Å². The van der Waals surface area contributed by atoms with Crippen LogP contribution >= 0.6 is 23.1 Å². The van der Waals surface area contributed by atoms with Crippen LogP contribution in [0.15, 0.2) is 65.7 Å². The smallest absolute Gasteiger partial charge is 0.153 e. The first kappa shape index (κ1) is 27.3. The van der Waals surface area contributed by atoms with Crippen molar-refractivity contribution in [3.8, 4) is 5.75 Å². The molecule has 1 saturated carbocycles. The summed E-state index contributed by atoms with van der Waals surface area (Å²) in [6.45, 7) is 0.687. The molecule has 4 aromatic rings. The summed E-state index contributed by atoms with van der Waals surface area (Å²) in [7, 11) is 1.70. The van der Waals surface area contributed by atoms with Crippen LogP contribution in [-0.2, 0) is 19.4 Å². The fraction of sp³-hybridized carbons (Fsp3) is 0.412. The summed E-state index contributed by atoms with van der Waals surface area (Å²) in [6, 6.07) is 21.6. The van der Waals surface area contributed by atoms with E-state index in [0.29, 0.717) is 12.5 Å². The summed E-state index contributed by atoms with van der Waals surface area (Å²) in [5, 5.41) is 6.06. The molecule has 208 valence electrons. The molecule has 1 unspecified atom stereocenters. The van der Waals surface area contributed by atoms with Gasteiger partial charge in [-0.15, -0.1) is 23.1 Å². The molecule has 2 aromatic heterocycles. The summed E-state index contributed by atoms with van der Waals surface area (Å²) in [5.74, 6) is 3.00. The van der Waals surface area contributed by atoms with Crippen molar-refractivity contribution in [2.24, 2.45) is 10.9 Å². The van der Waals surface area contributed by atoms with Gasteiger partial charge in [0.25, 0.3) is 0 Å². The van der Waals surface area contributed by atoms with Crippen LogP contribution in [0.1, 0.15) is 71.7 Å².